The first kappa shape index (κ1) is 12.9. The Balaban J connectivity index is 1.96. The van der Waals surface area contributed by atoms with E-state index < -0.39 is 0 Å². The van der Waals surface area contributed by atoms with E-state index in [1.807, 2.05) is 12.1 Å². The number of halogens is 2. The van der Waals surface area contributed by atoms with Crippen LogP contribution in [-0.2, 0) is 0 Å². The van der Waals surface area contributed by atoms with Crippen LogP contribution in [0.5, 0.6) is 0 Å². The lowest BCUT2D eigenvalue weighted by Crippen LogP contribution is -2.29. The molecular weight excluding hydrogens is 302 g/mol. The third kappa shape index (κ3) is 3.23. The Kier molecular flexibility index (Phi) is 4.10. The molecule has 0 radical (unpaired) electrons. The number of nitrogens with one attached hydrogen (secondary N) is 1. The van der Waals surface area contributed by atoms with E-state index in [2.05, 4.69) is 28.2 Å². The third-order valence-electron chi connectivity index (χ3n) is 3.21. The predicted octanol–water partition coefficient (Wildman–Crippen LogP) is 3.88. The predicted molar refractivity (Wildman–Crippen MR) is 73.4 cm³/mol. The maximum Gasteiger partial charge on any atom is 0.252 e. The molecule has 4 heteroatoms. The Hall–Kier alpha value is -0.540. The van der Waals surface area contributed by atoms with E-state index in [0.29, 0.717) is 16.5 Å². The molecule has 2 rings (SSSR count). The number of hydrogen-bond acceptors (Lipinski definition) is 1. The third-order valence-corrected chi connectivity index (χ3v) is 4.50. The Morgan fingerprint density at radius 2 is 2.29 bits per heavy atom. The molecule has 0 spiro atoms. The lowest BCUT2D eigenvalue weighted by Gasteiger charge is -2.12. The zero-order chi connectivity index (χ0) is 12.4. The Morgan fingerprint density at radius 3 is 2.94 bits per heavy atom. The average molecular weight is 317 g/mol. The number of benzene rings is 1. The topological polar surface area (TPSA) is 29.1 Å². The first-order valence-corrected chi connectivity index (χ1v) is 6.99. The normalized spacial score (nSPS) is 16.6. The highest BCUT2D eigenvalue weighted by Gasteiger charge is 2.28. The molecule has 1 amide bonds. The van der Waals surface area contributed by atoms with Gasteiger partial charge >= 0.3 is 0 Å². The van der Waals surface area contributed by atoms with Gasteiger partial charge in [0.25, 0.3) is 5.91 Å². The fraction of sp³-hybridized carbons (Fsp3) is 0.462. The van der Waals surface area contributed by atoms with Crippen LogP contribution in [0.25, 0.3) is 0 Å². The maximum absolute atomic E-state index is 11.9. The number of carbonyl (C=O) groups excluding carboxylic acids is 1. The Morgan fingerprint density at radius 1 is 1.59 bits per heavy atom. The zero-order valence-corrected chi connectivity index (χ0v) is 12.0. The van der Waals surface area contributed by atoms with Crippen LogP contribution >= 0.6 is 27.5 Å². The largest absolute Gasteiger partial charge is 0.352 e. The summed E-state index contributed by atoms with van der Waals surface area (Å²) in [5.74, 6) is 1.27. The molecule has 1 aliphatic carbocycles. The molecule has 0 bridgehead atoms. The molecule has 1 saturated carbocycles. The Bertz CT molecular complexity index is 431. The van der Waals surface area contributed by atoms with Gasteiger partial charge in [0, 0.05) is 11.0 Å². The summed E-state index contributed by atoms with van der Waals surface area (Å²) < 4.78 is 0.752. The zero-order valence-electron chi connectivity index (χ0n) is 9.67. The molecule has 1 atom stereocenters. The van der Waals surface area contributed by atoms with E-state index in [1.165, 1.54) is 12.8 Å². The van der Waals surface area contributed by atoms with E-state index >= 15 is 0 Å². The first-order valence-electron chi connectivity index (χ1n) is 5.82. The first-order chi connectivity index (χ1) is 8.09. The Labute approximate surface area is 115 Å². The highest BCUT2D eigenvalue weighted by atomic mass is 79.9. The molecule has 1 N–H and O–H groups in total. The van der Waals surface area contributed by atoms with Crippen LogP contribution in [-0.4, -0.2) is 12.5 Å². The van der Waals surface area contributed by atoms with Crippen LogP contribution in [0.1, 0.15) is 30.1 Å². The van der Waals surface area contributed by atoms with Gasteiger partial charge in [0.2, 0.25) is 0 Å². The minimum Gasteiger partial charge on any atom is -0.352 e. The van der Waals surface area contributed by atoms with Gasteiger partial charge < -0.3 is 5.32 Å². The second-order valence-electron chi connectivity index (χ2n) is 4.63. The number of carbonyl (C=O) groups is 1. The monoisotopic (exact) mass is 315 g/mol. The molecular formula is C13H15BrClNO. The summed E-state index contributed by atoms with van der Waals surface area (Å²) in [7, 11) is 0. The molecule has 0 heterocycles. The van der Waals surface area contributed by atoms with Crippen molar-refractivity contribution in [2.75, 3.05) is 6.54 Å². The molecule has 1 fully saturated rings. The van der Waals surface area contributed by atoms with Gasteiger partial charge in [-0.2, -0.15) is 0 Å². The summed E-state index contributed by atoms with van der Waals surface area (Å²) in [5, 5.41) is 3.42. The van der Waals surface area contributed by atoms with Crippen molar-refractivity contribution in [3.63, 3.8) is 0 Å². The highest BCUT2D eigenvalue weighted by molar-refractivity contribution is 9.10. The number of amides is 1. The van der Waals surface area contributed by atoms with E-state index in [9.17, 15) is 4.79 Å². The summed E-state index contributed by atoms with van der Waals surface area (Å²) in [6.45, 7) is 2.91. The van der Waals surface area contributed by atoms with E-state index in [-0.39, 0.29) is 5.91 Å². The minimum atomic E-state index is -0.0937. The molecule has 17 heavy (non-hydrogen) atoms. The van der Waals surface area contributed by atoms with Gasteiger partial charge in [-0.25, -0.2) is 0 Å². The van der Waals surface area contributed by atoms with Crippen molar-refractivity contribution < 1.29 is 4.79 Å². The van der Waals surface area contributed by atoms with Crippen molar-refractivity contribution in [2.45, 2.75) is 19.8 Å². The van der Waals surface area contributed by atoms with Gasteiger partial charge in [-0.15, -0.1) is 0 Å². The lowest BCUT2D eigenvalue weighted by molar-refractivity contribution is 0.0947. The van der Waals surface area contributed by atoms with Gasteiger partial charge in [0.15, 0.2) is 0 Å². The van der Waals surface area contributed by atoms with E-state index in [0.717, 1.165) is 16.9 Å². The molecule has 2 nitrogen and oxygen atoms in total. The smallest absolute Gasteiger partial charge is 0.252 e. The summed E-state index contributed by atoms with van der Waals surface area (Å²) in [5.41, 5.74) is 0.532. The molecule has 1 aromatic carbocycles. The molecule has 0 aromatic heterocycles. The van der Waals surface area contributed by atoms with Crippen molar-refractivity contribution in [3.05, 3.63) is 33.3 Å². The van der Waals surface area contributed by atoms with Crippen LogP contribution in [0.3, 0.4) is 0 Å². The highest BCUT2D eigenvalue weighted by Crippen LogP contribution is 2.36. The van der Waals surface area contributed by atoms with Gasteiger partial charge in [-0.1, -0.05) is 24.6 Å². The second kappa shape index (κ2) is 5.40. The van der Waals surface area contributed by atoms with Crippen molar-refractivity contribution in [1.29, 1.82) is 0 Å². The number of rotatable bonds is 4. The van der Waals surface area contributed by atoms with Crippen molar-refractivity contribution in [3.8, 4) is 0 Å². The molecule has 92 valence electrons. The molecule has 0 aliphatic heterocycles. The summed E-state index contributed by atoms with van der Waals surface area (Å²) in [6, 6.07) is 5.38. The van der Waals surface area contributed by atoms with E-state index in [4.69, 9.17) is 11.6 Å². The average Bonchev–Trinajstić information content (AvgIpc) is 3.13. The molecule has 1 aromatic rings. The summed E-state index contributed by atoms with van der Waals surface area (Å²) in [4.78, 5) is 11.9. The fourth-order valence-electron chi connectivity index (χ4n) is 1.86. The van der Waals surface area contributed by atoms with Crippen LogP contribution < -0.4 is 5.32 Å². The molecule has 0 saturated heterocycles. The minimum absolute atomic E-state index is 0.0937. The quantitative estimate of drug-likeness (QED) is 0.897. The van der Waals surface area contributed by atoms with Crippen LogP contribution in [0.4, 0.5) is 0 Å². The molecule has 1 unspecified atom stereocenters. The van der Waals surface area contributed by atoms with Crippen molar-refractivity contribution >= 4 is 33.4 Å². The van der Waals surface area contributed by atoms with Crippen LogP contribution in [0.2, 0.25) is 5.02 Å². The lowest BCUT2D eigenvalue weighted by atomic mass is 10.1. The standard InChI is InChI=1S/C13H15BrClNO/c1-8(9-5-6-9)7-16-13(17)10-3-2-4-11(14)12(10)15/h2-4,8-9H,5-7H2,1H3,(H,16,17). The summed E-state index contributed by atoms with van der Waals surface area (Å²) in [6.07, 6.45) is 2.60. The van der Waals surface area contributed by atoms with Crippen LogP contribution in [0.15, 0.2) is 22.7 Å². The number of hydrogen-bond donors (Lipinski definition) is 1. The van der Waals surface area contributed by atoms with Crippen LogP contribution in [0, 0.1) is 11.8 Å². The van der Waals surface area contributed by atoms with Gasteiger partial charge in [0.1, 0.15) is 0 Å². The SMILES string of the molecule is CC(CNC(=O)c1cccc(Br)c1Cl)C1CC1. The molecule has 1 aliphatic rings. The van der Waals surface area contributed by atoms with Gasteiger partial charge in [0.05, 0.1) is 10.6 Å². The van der Waals surface area contributed by atoms with E-state index in [1.54, 1.807) is 6.07 Å². The second-order valence-corrected chi connectivity index (χ2v) is 5.86. The van der Waals surface area contributed by atoms with Gasteiger partial charge in [-0.05, 0) is 52.7 Å². The van der Waals surface area contributed by atoms with Crippen molar-refractivity contribution in [2.24, 2.45) is 11.8 Å². The summed E-state index contributed by atoms with van der Waals surface area (Å²) >= 11 is 9.39. The van der Waals surface area contributed by atoms with Crippen molar-refractivity contribution in [1.82, 2.24) is 5.32 Å². The fourth-order valence-corrected chi connectivity index (χ4v) is 2.44. The van der Waals surface area contributed by atoms with Gasteiger partial charge in [-0.3, -0.25) is 4.79 Å². The maximum atomic E-state index is 11.9.